The fourth-order valence-corrected chi connectivity index (χ4v) is 5.37. The van der Waals surface area contributed by atoms with Gasteiger partial charge in [0.1, 0.15) is 32.7 Å². The minimum atomic E-state index is 1.03. The zero-order valence-electron chi connectivity index (χ0n) is 12.8. The van der Waals surface area contributed by atoms with E-state index in [1.807, 2.05) is 4.90 Å². The molecule has 1 saturated heterocycles. The Balaban J connectivity index is 1.29. The molecular weight excluding hydrogens is 324 g/mol. The molecule has 2 aliphatic carbocycles. The van der Waals surface area contributed by atoms with Gasteiger partial charge in [-0.2, -0.15) is 0 Å². The van der Waals surface area contributed by atoms with E-state index in [0.29, 0.717) is 0 Å². The molecule has 3 aliphatic rings. The van der Waals surface area contributed by atoms with E-state index in [4.69, 9.17) is 0 Å². The summed E-state index contributed by atoms with van der Waals surface area (Å²) in [7, 11) is 0. The van der Waals surface area contributed by atoms with Gasteiger partial charge in [0.15, 0.2) is 0 Å². The minimum Gasteiger partial charge on any atom is -0.323 e. The van der Waals surface area contributed by atoms with E-state index in [1.54, 1.807) is 17.7 Å². The van der Waals surface area contributed by atoms with E-state index in [9.17, 15) is 0 Å². The fourth-order valence-electron chi connectivity index (χ4n) is 5.11. The Morgan fingerprint density at radius 1 is 0.952 bits per heavy atom. The smallest absolute Gasteiger partial charge is 0.127 e. The molecule has 2 bridgehead atoms. The van der Waals surface area contributed by atoms with Crippen molar-refractivity contribution in [3.63, 3.8) is 0 Å². The van der Waals surface area contributed by atoms with Crippen molar-refractivity contribution >= 4 is 15.9 Å². The van der Waals surface area contributed by atoms with Gasteiger partial charge in [0, 0.05) is 22.4 Å². The van der Waals surface area contributed by atoms with E-state index in [0.717, 1.165) is 17.9 Å². The molecule has 4 rings (SSSR count). The molecule has 1 aromatic rings. The quantitative estimate of drug-likeness (QED) is 0.802. The molecule has 0 spiro atoms. The lowest BCUT2D eigenvalue weighted by molar-refractivity contribution is -1.03. The van der Waals surface area contributed by atoms with E-state index in [2.05, 4.69) is 40.2 Å². The molecule has 2 saturated carbocycles. The molecule has 0 unspecified atom stereocenters. The molecule has 1 heterocycles. The number of halogens is 1. The van der Waals surface area contributed by atoms with E-state index in [1.165, 1.54) is 55.6 Å². The number of fused-ring (bicyclic) bond motifs is 2. The number of piperazine rings is 1. The highest BCUT2D eigenvalue weighted by atomic mass is 79.9. The number of quaternary nitrogens is 2. The first-order chi connectivity index (χ1) is 10.3. The van der Waals surface area contributed by atoms with Crippen LogP contribution < -0.4 is 9.80 Å². The highest BCUT2D eigenvalue weighted by Gasteiger charge is 2.45. The molecular formula is C18H27BrN2+2. The Kier molecular flexibility index (Phi) is 4.08. The Morgan fingerprint density at radius 3 is 2.33 bits per heavy atom. The van der Waals surface area contributed by atoms with Gasteiger partial charge in [-0.15, -0.1) is 0 Å². The Labute approximate surface area is 136 Å². The number of hydrogen-bond acceptors (Lipinski definition) is 0. The van der Waals surface area contributed by atoms with Crippen molar-refractivity contribution in [2.45, 2.75) is 38.3 Å². The summed E-state index contributed by atoms with van der Waals surface area (Å²) in [6.07, 6.45) is 6.18. The SMILES string of the molecule is Brc1ccc(C[NH+]2CC[NH+]([C@H]3C[C@H]4CC[C@@H]3C4)CC2)cc1. The van der Waals surface area contributed by atoms with Gasteiger partial charge in [-0.1, -0.05) is 28.1 Å². The summed E-state index contributed by atoms with van der Waals surface area (Å²) in [5.74, 6) is 2.18. The standard InChI is InChI=1S/C18H25BrN2/c19-17-5-2-14(3-6-17)13-20-7-9-21(10-8-20)18-12-15-1-4-16(18)11-15/h2-3,5-6,15-16,18H,1,4,7-13H2/p+2/t15-,16+,18-/m0/s1. The van der Waals surface area contributed by atoms with Crippen LogP contribution in [0.15, 0.2) is 28.7 Å². The van der Waals surface area contributed by atoms with Crippen LogP contribution in [0.3, 0.4) is 0 Å². The van der Waals surface area contributed by atoms with Gasteiger partial charge in [-0.25, -0.2) is 0 Å². The Morgan fingerprint density at radius 2 is 1.71 bits per heavy atom. The minimum absolute atomic E-state index is 1.03. The van der Waals surface area contributed by atoms with E-state index >= 15 is 0 Å². The third kappa shape index (κ3) is 3.06. The highest BCUT2D eigenvalue weighted by Crippen LogP contribution is 2.43. The molecule has 114 valence electrons. The van der Waals surface area contributed by atoms with Gasteiger partial charge < -0.3 is 9.80 Å². The first kappa shape index (κ1) is 14.2. The molecule has 3 heteroatoms. The lowest BCUT2D eigenvalue weighted by Gasteiger charge is -2.36. The van der Waals surface area contributed by atoms with Crippen LogP contribution in [0, 0.1) is 11.8 Å². The molecule has 1 aromatic carbocycles. The predicted octanol–water partition coefficient (Wildman–Crippen LogP) is 0.921. The molecule has 2 nitrogen and oxygen atoms in total. The van der Waals surface area contributed by atoms with Crippen molar-refractivity contribution in [2.75, 3.05) is 26.2 Å². The van der Waals surface area contributed by atoms with Crippen LogP contribution in [0.2, 0.25) is 0 Å². The lowest BCUT2D eigenvalue weighted by Crippen LogP contribution is -3.29. The second-order valence-corrected chi connectivity index (χ2v) is 8.41. The summed E-state index contributed by atoms with van der Waals surface area (Å²) in [5, 5.41) is 0. The monoisotopic (exact) mass is 350 g/mol. The van der Waals surface area contributed by atoms with Crippen molar-refractivity contribution < 1.29 is 9.80 Å². The lowest BCUT2D eigenvalue weighted by atomic mass is 9.93. The Bertz CT molecular complexity index is 478. The normalized spacial score (nSPS) is 38.8. The van der Waals surface area contributed by atoms with Crippen LogP contribution in [0.5, 0.6) is 0 Å². The van der Waals surface area contributed by atoms with E-state index in [-0.39, 0.29) is 0 Å². The van der Waals surface area contributed by atoms with Gasteiger partial charge in [0.2, 0.25) is 0 Å². The highest BCUT2D eigenvalue weighted by molar-refractivity contribution is 9.10. The summed E-state index contributed by atoms with van der Waals surface area (Å²) in [6, 6.07) is 9.91. The summed E-state index contributed by atoms with van der Waals surface area (Å²) in [4.78, 5) is 3.73. The molecule has 2 N–H and O–H groups in total. The average Bonchev–Trinajstić information content (AvgIpc) is 3.13. The van der Waals surface area contributed by atoms with E-state index < -0.39 is 0 Å². The maximum Gasteiger partial charge on any atom is 0.127 e. The maximum absolute atomic E-state index is 3.52. The zero-order chi connectivity index (χ0) is 14.2. The first-order valence-corrected chi connectivity index (χ1v) is 9.50. The van der Waals surface area contributed by atoms with Crippen LogP contribution in [0.1, 0.15) is 31.2 Å². The molecule has 3 fully saturated rings. The van der Waals surface area contributed by atoms with Gasteiger partial charge in [-0.05, 0) is 37.3 Å². The largest absolute Gasteiger partial charge is 0.323 e. The van der Waals surface area contributed by atoms with Crippen molar-refractivity contribution in [1.29, 1.82) is 0 Å². The molecule has 21 heavy (non-hydrogen) atoms. The van der Waals surface area contributed by atoms with Crippen molar-refractivity contribution in [2.24, 2.45) is 11.8 Å². The molecule has 0 radical (unpaired) electrons. The third-order valence-corrected chi connectivity index (χ3v) is 6.76. The van der Waals surface area contributed by atoms with Crippen LogP contribution in [-0.4, -0.2) is 32.2 Å². The summed E-state index contributed by atoms with van der Waals surface area (Å²) >= 11 is 3.52. The Hall–Kier alpha value is -0.380. The number of rotatable bonds is 3. The maximum atomic E-state index is 3.52. The van der Waals surface area contributed by atoms with Crippen molar-refractivity contribution in [3.05, 3.63) is 34.3 Å². The summed E-state index contributed by atoms with van der Waals surface area (Å²) < 4.78 is 1.19. The zero-order valence-corrected chi connectivity index (χ0v) is 14.4. The van der Waals surface area contributed by atoms with Crippen molar-refractivity contribution in [1.82, 2.24) is 0 Å². The first-order valence-electron chi connectivity index (χ1n) is 8.70. The van der Waals surface area contributed by atoms with Crippen molar-refractivity contribution in [3.8, 4) is 0 Å². The van der Waals surface area contributed by atoms with Gasteiger partial charge in [0.05, 0.1) is 6.04 Å². The van der Waals surface area contributed by atoms with Crippen LogP contribution in [0.4, 0.5) is 0 Å². The second kappa shape index (κ2) is 6.02. The second-order valence-electron chi connectivity index (χ2n) is 7.49. The van der Waals surface area contributed by atoms with Crippen LogP contribution in [-0.2, 0) is 6.54 Å². The van der Waals surface area contributed by atoms with Crippen LogP contribution >= 0.6 is 15.9 Å². The predicted molar refractivity (Wildman–Crippen MR) is 88.5 cm³/mol. The van der Waals surface area contributed by atoms with Crippen LogP contribution in [0.25, 0.3) is 0 Å². The average molecular weight is 351 g/mol. The van der Waals surface area contributed by atoms with Gasteiger partial charge >= 0.3 is 0 Å². The molecule has 3 atom stereocenters. The fraction of sp³-hybridized carbons (Fsp3) is 0.667. The molecule has 1 aliphatic heterocycles. The van der Waals surface area contributed by atoms with Gasteiger partial charge in [0.25, 0.3) is 0 Å². The number of hydrogen-bond donors (Lipinski definition) is 2. The number of nitrogens with one attached hydrogen (secondary N) is 2. The molecule has 0 aromatic heterocycles. The number of benzene rings is 1. The van der Waals surface area contributed by atoms with Gasteiger partial charge in [-0.3, -0.25) is 0 Å². The third-order valence-electron chi connectivity index (χ3n) is 6.23. The summed E-state index contributed by atoms with van der Waals surface area (Å²) in [5.41, 5.74) is 1.48. The molecule has 0 amide bonds. The summed E-state index contributed by atoms with van der Waals surface area (Å²) in [6.45, 7) is 6.73. The topological polar surface area (TPSA) is 8.88 Å².